The van der Waals surface area contributed by atoms with E-state index in [1.807, 2.05) is 18.5 Å². The van der Waals surface area contributed by atoms with Gasteiger partial charge < -0.3 is 10.3 Å². The average molecular weight is 310 g/mol. The minimum absolute atomic E-state index is 0. The number of aromatic nitrogens is 2. The van der Waals surface area contributed by atoms with Crippen LogP contribution in [-0.4, -0.2) is 9.97 Å². The Labute approximate surface area is 134 Å². The Kier molecular flexibility index (Phi) is 3.98. The first-order chi connectivity index (χ1) is 10.4. The maximum absolute atomic E-state index is 4.16. The summed E-state index contributed by atoms with van der Waals surface area (Å²) in [5.41, 5.74) is 4.63. The van der Waals surface area contributed by atoms with Crippen molar-refractivity contribution in [2.45, 2.75) is 6.54 Å². The van der Waals surface area contributed by atoms with Gasteiger partial charge in [0.15, 0.2) is 0 Å². The maximum atomic E-state index is 4.16. The third-order valence-electron chi connectivity index (χ3n) is 3.74. The van der Waals surface area contributed by atoms with Gasteiger partial charge in [-0.25, -0.2) is 0 Å². The molecule has 0 fully saturated rings. The number of rotatable bonds is 3. The summed E-state index contributed by atoms with van der Waals surface area (Å²) in [5, 5.41) is 5.92. The maximum Gasteiger partial charge on any atom is 0.0651 e. The van der Waals surface area contributed by atoms with Gasteiger partial charge in [0, 0.05) is 34.7 Å². The Bertz CT molecular complexity index is 900. The monoisotopic (exact) mass is 309 g/mol. The number of halogens is 1. The first-order valence-corrected chi connectivity index (χ1v) is 7.03. The number of nitrogens with one attached hydrogen (secondary N) is 2. The molecule has 2 aromatic carbocycles. The highest BCUT2D eigenvalue weighted by molar-refractivity contribution is 6.07. The van der Waals surface area contributed by atoms with E-state index >= 15 is 0 Å². The van der Waals surface area contributed by atoms with Gasteiger partial charge in [-0.15, -0.1) is 12.4 Å². The minimum atomic E-state index is 0. The van der Waals surface area contributed by atoms with Gasteiger partial charge in [-0.3, -0.25) is 4.98 Å². The molecule has 0 radical (unpaired) electrons. The van der Waals surface area contributed by atoms with Crippen LogP contribution in [0.3, 0.4) is 0 Å². The summed E-state index contributed by atoms with van der Waals surface area (Å²) in [5.74, 6) is 0. The lowest BCUT2D eigenvalue weighted by Gasteiger charge is -2.06. The molecule has 0 unspecified atom stereocenters. The number of nitrogens with zero attached hydrogens (tertiary/aromatic N) is 1. The molecule has 2 heterocycles. The summed E-state index contributed by atoms with van der Waals surface area (Å²) in [6, 6.07) is 18.9. The third-order valence-corrected chi connectivity index (χ3v) is 3.74. The zero-order valence-corrected chi connectivity index (χ0v) is 12.7. The van der Waals surface area contributed by atoms with Gasteiger partial charge in [-0.1, -0.05) is 30.3 Å². The molecule has 4 rings (SSSR count). The number of benzene rings is 2. The van der Waals surface area contributed by atoms with E-state index in [-0.39, 0.29) is 12.4 Å². The largest absolute Gasteiger partial charge is 0.381 e. The van der Waals surface area contributed by atoms with E-state index in [2.05, 4.69) is 63.8 Å². The fourth-order valence-corrected chi connectivity index (χ4v) is 2.66. The van der Waals surface area contributed by atoms with Crippen LogP contribution in [0.1, 0.15) is 5.56 Å². The molecule has 0 saturated heterocycles. The molecule has 0 spiro atoms. The summed E-state index contributed by atoms with van der Waals surface area (Å²) < 4.78 is 0. The highest BCUT2D eigenvalue weighted by Crippen LogP contribution is 2.27. The van der Waals surface area contributed by atoms with E-state index in [0.29, 0.717) is 0 Å². The summed E-state index contributed by atoms with van der Waals surface area (Å²) in [7, 11) is 0. The Morgan fingerprint density at radius 3 is 2.64 bits per heavy atom. The minimum Gasteiger partial charge on any atom is -0.381 e. The first kappa shape index (κ1) is 14.4. The standard InChI is InChI=1S/C18H15N3.ClH/c1-2-4-13(5-3-1)11-20-14-6-7-17-16(10-14)15-8-9-19-12-18(15)21-17;/h1-10,12,20-21H,11H2;1H. The van der Waals surface area contributed by atoms with E-state index in [1.165, 1.54) is 16.3 Å². The number of pyridine rings is 1. The molecule has 0 atom stereocenters. The molecule has 0 aliphatic carbocycles. The quantitative estimate of drug-likeness (QED) is 0.573. The van der Waals surface area contributed by atoms with E-state index < -0.39 is 0 Å². The van der Waals surface area contributed by atoms with E-state index in [0.717, 1.165) is 23.3 Å². The highest BCUT2D eigenvalue weighted by atomic mass is 35.5. The van der Waals surface area contributed by atoms with Crippen LogP contribution in [0.2, 0.25) is 0 Å². The van der Waals surface area contributed by atoms with Gasteiger partial charge in [-0.2, -0.15) is 0 Å². The van der Waals surface area contributed by atoms with Crippen LogP contribution in [0.25, 0.3) is 21.8 Å². The number of hydrogen-bond acceptors (Lipinski definition) is 2. The van der Waals surface area contributed by atoms with Crippen LogP contribution in [0, 0.1) is 0 Å². The Morgan fingerprint density at radius 2 is 1.77 bits per heavy atom. The highest BCUT2D eigenvalue weighted by Gasteiger charge is 2.04. The zero-order chi connectivity index (χ0) is 14.1. The third kappa shape index (κ3) is 2.63. The second-order valence-electron chi connectivity index (χ2n) is 5.15. The van der Waals surface area contributed by atoms with Crippen LogP contribution in [-0.2, 0) is 6.54 Å². The molecule has 4 heteroatoms. The van der Waals surface area contributed by atoms with Gasteiger partial charge in [0.1, 0.15) is 0 Å². The van der Waals surface area contributed by atoms with Crippen molar-refractivity contribution in [3.05, 3.63) is 72.6 Å². The average Bonchev–Trinajstić information content (AvgIpc) is 2.92. The zero-order valence-electron chi connectivity index (χ0n) is 11.9. The van der Waals surface area contributed by atoms with Crippen molar-refractivity contribution in [1.29, 1.82) is 0 Å². The van der Waals surface area contributed by atoms with Gasteiger partial charge >= 0.3 is 0 Å². The van der Waals surface area contributed by atoms with Crippen LogP contribution in [0.5, 0.6) is 0 Å². The molecule has 0 aliphatic rings. The lowest BCUT2D eigenvalue weighted by molar-refractivity contribution is 1.15. The Balaban J connectivity index is 0.00000144. The second-order valence-corrected chi connectivity index (χ2v) is 5.15. The number of hydrogen-bond donors (Lipinski definition) is 2. The molecule has 2 N–H and O–H groups in total. The molecular formula is C18H16ClN3. The molecule has 4 aromatic rings. The molecule has 22 heavy (non-hydrogen) atoms. The summed E-state index contributed by atoms with van der Waals surface area (Å²) >= 11 is 0. The van der Waals surface area contributed by atoms with E-state index in [9.17, 15) is 0 Å². The van der Waals surface area contributed by atoms with Crippen molar-refractivity contribution in [1.82, 2.24) is 9.97 Å². The molecule has 0 amide bonds. The number of anilines is 1. The van der Waals surface area contributed by atoms with Crippen molar-refractivity contribution in [3.63, 3.8) is 0 Å². The van der Waals surface area contributed by atoms with Crippen molar-refractivity contribution >= 4 is 39.9 Å². The lowest BCUT2D eigenvalue weighted by atomic mass is 10.1. The Morgan fingerprint density at radius 1 is 0.909 bits per heavy atom. The van der Waals surface area contributed by atoms with Crippen LogP contribution < -0.4 is 5.32 Å². The molecule has 0 bridgehead atoms. The number of aromatic amines is 1. The first-order valence-electron chi connectivity index (χ1n) is 7.03. The van der Waals surface area contributed by atoms with E-state index in [1.54, 1.807) is 0 Å². The van der Waals surface area contributed by atoms with Gasteiger partial charge in [0.25, 0.3) is 0 Å². The lowest BCUT2D eigenvalue weighted by Crippen LogP contribution is -1.98. The van der Waals surface area contributed by atoms with Crippen molar-refractivity contribution in [2.75, 3.05) is 5.32 Å². The molecule has 0 saturated carbocycles. The van der Waals surface area contributed by atoms with Crippen molar-refractivity contribution in [3.8, 4) is 0 Å². The van der Waals surface area contributed by atoms with Gasteiger partial charge in [-0.05, 0) is 29.8 Å². The fourth-order valence-electron chi connectivity index (χ4n) is 2.66. The SMILES string of the molecule is Cl.c1ccc(CNc2ccc3[nH]c4cnccc4c3c2)cc1. The number of fused-ring (bicyclic) bond motifs is 3. The molecule has 3 nitrogen and oxygen atoms in total. The second kappa shape index (κ2) is 6.08. The van der Waals surface area contributed by atoms with Crippen molar-refractivity contribution in [2.24, 2.45) is 0 Å². The Hall–Kier alpha value is -2.52. The van der Waals surface area contributed by atoms with Crippen molar-refractivity contribution < 1.29 is 0 Å². The summed E-state index contributed by atoms with van der Waals surface area (Å²) in [4.78, 5) is 7.55. The van der Waals surface area contributed by atoms with Gasteiger partial charge in [0.05, 0.1) is 11.7 Å². The smallest absolute Gasteiger partial charge is 0.0651 e. The van der Waals surface area contributed by atoms with Crippen LogP contribution >= 0.6 is 12.4 Å². The topological polar surface area (TPSA) is 40.7 Å². The van der Waals surface area contributed by atoms with Crippen LogP contribution in [0.15, 0.2) is 67.0 Å². The molecule has 2 aromatic heterocycles. The molecule has 110 valence electrons. The van der Waals surface area contributed by atoms with E-state index in [4.69, 9.17) is 0 Å². The summed E-state index contributed by atoms with van der Waals surface area (Å²) in [6.07, 6.45) is 3.70. The van der Waals surface area contributed by atoms with Gasteiger partial charge in [0.2, 0.25) is 0 Å². The predicted octanol–water partition coefficient (Wildman–Crippen LogP) is 4.75. The fraction of sp³-hybridized carbons (Fsp3) is 0.0556. The normalized spacial score (nSPS) is 10.5. The predicted molar refractivity (Wildman–Crippen MR) is 94.6 cm³/mol. The molecular weight excluding hydrogens is 294 g/mol. The number of H-pyrrole nitrogens is 1. The summed E-state index contributed by atoms with van der Waals surface area (Å²) in [6.45, 7) is 0.830. The molecule has 0 aliphatic heterocycles. The van der Waals surface area contributed by atoms with Crippen LogP contribution in [0.4, 0.5) is 5.69 Å².